The van der Waals surface area contributed by atoms with Crippen molar-refractivity contribution in [1.29, 1.82) is 0 Å². The Bertz CT molecular complexity index is 542. The number of carbonyl (C=O) groups excluding carboxylic acids is 1. The lowest BCUT2D eigenvalue weighted by molar-refractivity contribution is 0.0636. The van der Waals surface area contributed by atoms with Crippen LogP contribution in [0.4, 0.5) is 10.5 Å². The largest absolute Gasteiger partial charge is 0.444 e. The van der Waals surface area contributed by atoms with Crippen molar-refractivity contribution in [3.05, 3.63) is 24.5 Å². The number of hydrogen-bond donors (Lipinski definition) is 1. The van der Waals surface area contributed by atoms with Gasteiger partial charge in [0.25, 0.3) is 0 Å². The predicted octanol–water partition coefficient (Wildman–Crippen LogP) is 2.08. The Morgan fingerprint density at radius 3 is 2.88 bits per heavy atom. The van der Waals surface area contributed by atoms with Gasteiger partial charge >= 0.3 is 6.09 Å². The Hall–Kier alpha value is -2.11. The van der Waals surface area contributed by atoms with Gasteiger partial charge < -0.3 is 4.74 Å². The number of ether oxygens (including phenoxy) is 1. The smallest absolute Gasteiger partial charge is 0.412 e. The molecule has 0 aliphatic heterocycles. The van der Waals surface area contributed by atoms with Gasteiger partial charge in [-0.25, -0.2) is 4.79 Å². The zero-order valence-electron chi connectivity index (χ0n) is 9.97. The van der Waals surface area contributed by atoms with E-state index in [1.807, 2.05) is 26.8 Å². The molecule has 0 saturated carbocycles. The van der Waals surface area contributed by atoms with Crippen molar-refractivity contribution in [3.63, 3.8) is 0 Å². The summed E-state index contributed by atoms with van der Waals surface area (Å²) in [7, 11) is 0. The number of nitrogens with zero attached hydrogens (tertiary/aromatic N) is 3. The molecule has 0 saturated heterocycles. The number of nitrogens with one attached hydrogen (secondary N) is 1. The van der Waals surface area contributed by atoms with Crippen LogP contribution in [0.2, 0.25) is 0 Å². The first-order valence-corrected chi connectivity index (χ1v) is 5.25. The second-order valence-corrected chi connectivity index (χ2v) is 4.58. The minimum atomic E-state index is -0.523. The molecule has 1 N–H and O–H groups in total. The molecule has 6 heteroatoms. The van der Waals surface area contributed by atoms with Gasteiger partial charge in [-0.05, 0) is 32.9 Å². The lowest BCUT2D eigenvalue weighted by Gasteiger charge is -2.19. The maximum atomic E-state index is 11.6. The fourth-order valence-corrected chi connectivity index (χ4v) is 1.34. The topological polar surface area (TPSA) is 68.5 Å². The van der Waals surface area contributed by atoms with Crippen molar-refractivity contribution < 1.29 is 9.53 Å². The summed E-state index contributed by atoms with van der Waals surface area (Å²) in [6.45, 7) is 5.43. The number of hydrogen-bond acceptors (Lipinski definition) is 4. The molecule has 0 bridgehead atoms. The van der Waals surface area contributed by atoms with E-state index in [-0.39, 0.29) is 0 Å². The first-order chi connectivity index (χ1) is 7.96. The number of rotatable bonds is 1. The Morgan fingerprint density at radius 1 is 1.41 bits per heavy atom. The van der Waals surface area contributed by atoms with Crippen LogP contribution in [-0.4, -0.2) is 26.5 Å². The molecule has 0 atom stereocenters. The van der Waals surface area contributed by atoms with Crippen molar-refractivity contribution >= 4 is 17.3 Å². The highest BCUT2D eigenvalue weighted by molar-refractivity contribution is 5.90. The van der Waals surface area contributed by atoms with Gasteiger partial charge in [-0.3, -0.25) is 5.32 Å². The Labute approximate surface area is 98.6 Å². The molecule has 2 rings (SSSR count). The quantitative estimate of drug-likeness (QED) is 0.820. The Kier molecular flexibility index (Phi) is 2.71. The maximum absolute atomic E-state index is 11.6. The van der Waals surface area contributed by atoms with Crippen LogP contribution < -0.4 is 5.32 Å². The van der Waals surface area contributed by atoms with Gasteiger partial charge in [0.2, 0.25) is 0 Å². The first-order valence-electron chi connectivity index (χ1n) is 5.25. The van der Waals surface area contributed by atoms with Crippen LogP contribution in [0.25, 0.3) is 5.52 Å². The Balaban J connectivity index is 2.16. The third-order valence-corrected chi connectivity index (χ3v) is 1.94. The summed E-state index contributed by atoms with van der Waals surface area (Å²) in [6, 6.07) is 3.59. The van der Waals surface area contributed by atoms with Gasteiger partial charge in [0.05, 0.1) is 11.9 Å². The molecule has 6 nitrogen and oxygen atoms in total. The average Bonchev–Trinajstić information content (AvgIpc) is 2.59. The lowest BCUT2D eigenvalue weighted by atomic mass is 10.2. The van der Waals surface area contributed by atoms with Crippen molar-refractivity contribution in [1.82, 2.24) is 14.8 Å². The van der Waals surface area contributed by atoms with E-state index in [0.29, 0.717) is 5.69 Å². The lowest BCUT2D eigenvalue weighted by Crippen LogP contribution is -2.27. The van der Waals surface area contributed by atoms with Crippen molar-refractivity contribution in [3.8, 4) is 0 Å². The highest BCUT2D eigenvalue weighted by Crippen LogP contribution is 2.16. The van der Waals surface area contributed by atoms with Gasteiger partial charge in [-0.15, -0.1) is 4.63 Å². The number of fused-ring (bicyclic) bond motifs is 1. The third kappa shape index (κ3) is 2.72. The number of anilines is 1. The second kappa shape index (κ2) is 4.04. The average molecular weight is 234 g/mol. The van der Waals surface area contributed by atoms with E-state index in [2.05, 4.69) is 15.5 Å². The van der Waals surface area contributed by atoms with Gasteiger partial charge in [0.1, 0.15) is 11.1 Å². The fourth-order valence-electron chi connectivity index (χ4n) is 1.34. The zero-order valence-corrected chi connectivity index (χ0v) is 9.97. The SMILES string of the molecule is CC(C)(C)OC(=O)Nc1cnn2ncccc12. The highest BCUT2D eigenvalue weighted by Gasteiger charge is 2.17. The monoisotopic (exact) mass is 234 g/mol. The summed E-state index contributed by atoms with van der Waals surface area (Å²) < 4.78 is 6.59. The van der Waals surface area contributed by atoms with Crippen LogP contribution in [0.3, 0.4) is 0 Å². The zero-order chi connectivity index (χ0) is 12.5. The third-order valence-electron chi connectivity index (χ3n) is 1.94. The van der Waals surface area contributed by atoms with Crippen LogP contribution in [0.5, 0.6) is 0 Å². The molecule has 2 aromatic heterocycles. The van der Waals surface area contributed by atoms with E-state index in [0.717, 1.165) is 5.52 Å². The number of aromatic nitrogens is 3. The highest BCUT2D eigenvalue weighted by atomic mass is 16.6. The summed E-state index contributed by atoms with van der Waals surface area (Å²) in [5, 5.41) is 10.6. The number of carbonyl (C=O) groups is 1. The van der Waals surface area contributed by atoms with Gasteiger partial charge in [-0.2, -0.15) is 10.2 Å². The Morgan fingerprint density at radius 2 is 2.18 bits per heavy atom. The second-order valence-electron chi connectivity index (χ2n) is 4.58. The molecule has 0 unspecified atom stereocenters. The fraction of sp³-hybridized carbons (Fsp3) is 0.364. The van der Waals surface area contributed by atoms with E-state index < -0.39 is 11.7 Å². The normalized spacial score (nSPS) is 11.5. The molecule has 0 aliphatic carbocycles. The summed E-state index contributed by atoms with van der Waals surface area (Å²) >= 11 is 0. The van der Waals surface area contributed by atoms with Crippen LogP contribution in [0.15, 0.2) is 24.5 Å². The van der Waals surface area contributed by atoms with E-state index in [9.17, 15) is 4.79 Å². The molecule has 2 aromatic rings. The van der Waals surface area contributed by atoms with Crippen LogP contribution in [-0.2, 0) is 4.74 Å². The van der Waals surface area contributed by atoms with Crippen LogP contribution in [0.1, 0.15) is 20.8 Å². The minimum Gasteiger partial charge on any atom is -0.444 e. The molecule has 1 amide bonds. The molecular formula is C11H14N4O2. The molecule has 0 radical (unpaired) electrons. The van der Waals surface area contributed by atoms with Gasteiger partial charge in [0.15, 0.2) is 0 Å². The summed E-state index contributed by atoms with van der Waals surface area (Å²) in [6.07, 6.45) is 2.65. The molecule has 0 aromatic carbocycles. The van der Waals surface area contributed by atoms with E-state index in [1.54, 1.807) is 12.3 Å². The van der Waals surface area contributed by atoms with E-state index >= 15 is 0 Å². The molecule has 90 valence electrons. The molecule has 2 heterocycles. The van der Waals surface area contributed by atoms with Crippen molar-refractivity contribution in [2.75, 3.05) is 5.32 Å². The predicted molar refractivity (Wildman–Crippen MR) is 62.8 cm³/mol. The molecular weight excluding hydrogens is 220 g/mol. The van der Waals surface area contributed by atoms with Gasteiger partial charge in [-0.1, -0.05) is 0 Å². The summed E-state index contributed by atoms with van der Waals surface area (Å²) in [5.41, 5.74) is 0.774. The van der Waals surface area contributed by atoms with E-state index in [1.165, 1.54) is 10.8 Å². The molecule has 0 aliphatic rings. The first kappa shape index (κ1) is 11.4. The van der Waals surface area contributed by atoms with Crippen LogP contribution >= 0.6 is 0 Å². The molecule has 17 heavy (non-hydrogen) atoms. The molecule has 0 fully saturated rings. The standard InChI is InChI=1S/C11H14N4O2/c1-11(2,3)17-10(16)14-8-7-13-15-9(8)5-4-6-12-15/h4-7H,1-3H3,(H,14,16). The van der Waals surface area contributed by atoms with Gasteiger partial charge in [0, 0.05) is 6.20 Å². The van der Waals surface area contributed by atoms with E-state index in [4.69, 9.17) is 4.74 Å². The van der Waals surface area contributed by atoms with Crippen molar-refractivity contribution in [2.24, 2.45) is 0 Å². The van der Waals surface area contributed by atoms with Crippen molar-refractivity contribution in [2.45, 2.75) is 26.4 Å². The summed E-state index contributed by atoms with van der Waals surface area (Å²) in [4.78, 5) is 11.6. The maximum Gasteiger partial charge on any atom is 0.412 e. The number of amides is 1. The summed E-state index contributed by atoms with van der Waals surface area (Å²) in [5.74, 6) is 0. The van der Waals surface area contributed by atoms with Crippen LogP contribution in [0, 0.1) is 0 Å². The molecule has 0 spiro atoms. The minimum absolute atomic E-state index is 0.503.